The molecule has 0 atom stereocenters. The number of allylic oxidation sites excluding steroid dienone is 1. The molecule has 0 rings (SSSR count). The number of hydrogen-bond donors (Lipinski definition) is 2. The molecule has 4 heteroatoms. The first kappa shape index (κ1) is 6.68. The number of ketones is 1. The molecule has 0 aliphatic carbocycles. The molecule has 0 aliphatic heterocycles. The number of hydrogen-bond acceptors (Lipinski definition) is 4. The van der Waals surface area contributed by atoms with Crippen LogP contribution in [0.25, 0.3) is 0 Å². The van der Waals surface area contributed by atoms with Crippen molar-refractivity contribution < 1.29 is 19.8 Å². The molecule has 0 fully saturated rings. The second-order valence-corrected chi connectivity index (χ2v) is 0.996. The summed E-state index contributed by atoms with van der Waals surface area (Å²) in [6, 6.07) is 0. The average molecular weight is 116 g/mol. The molecule has 0 heterocycles. The largest absolute Gasteiger partial charge is 0.512 e. The van der Waals surface area contributed by atoms with Crippen LogP contribution in [0.4, 0.5) is 0 Å². The maximum atomic E-state index is 9.90. The fraction of sp³-hybridized carbons (Fsp3) is 0. The Bertz CT molecular complexity index is 135. The minimum atomic E-state index is -1.13. The molecule has 0 spiro atoms. The van der Waals surface area contributed by atoms with Crippen LogP contribution >= 0.6 is 0 Å². The molecule has 0 aromatic heterocycles. The van der Waals surface area contributed by atoms with E-state index in [0.29, 0.717) is 0 Å². The first-order valence-corrected chi connectivity index (χ1v) is 1.75. The standard InChI is InChI=1S/C4H4O4/c5-1-3(7)4(8)2-6/h1-2,5,7H/b3-1-. The zero-order valence-electron chi connectivity index (χ0n) is 3.87. The third-order valence-electron chi connectivity index (χ3n) is 0.482. The van der Waals surface area contributed by atoms with Crippen LogP contribution in [0.1, 0.15) is 0 Å². The minimum Gasteiger partial charge on any atom is -0.512 e. The lowest BCUT2D eigenvalue weighted by atomic mass is 10.4. The number of Topliss-reactive ketones (excluding diaryl/α,β-unsaturated/α-hetero) is 1. The Morgan fingerprint density at radius 2 is 2.00 bits per heavy atom. The van der Waals surface area contributed by atoms with Crippen molar-refractivity contribution >= 4 is 12.1 Å². The van der Waals surface area contributed by atoms with E-state index in [0.717, 1.165) is 0 Å². The molecule has 0 aromatic carbocycles. The predicted octanol–water partition coefficient (Wildman–Crippen LogP) is -0.288. The van der Waals surface area contributed by atoms with Crippen molar-refractivity contribution in [3.63, 3.8) is 0 Å². The fourth-order valence-electron chi connectivity index (χ4n) is 0.124. The van der Waals surface area contributed by atoms with Gasteiger partial charge in [0.2, 0.25) is 5.76 Å². The van der Waals surface area contributed by atoms with E-state index in [2.05, 4.69) is 0 Å². The van der Waals surface area contributed by atoms with Crippen LogP contribution in [0.3, 0.4) is 0 Å². The van der Waals surface area contributed by atoms with Gasteiger partial charge in [0.15, 0.2) is 6.29 Å². The second-order valence-electron chi connectivity index (χ2n) is 0.996. The van der Waals surface area contributed by atoms with Gasteiger partial charge in [-0.1, -0.05) is 0 Å². The zero-order valence-corrected chi connectivity index (χ0v) is 3.87. The van der Waals surface area contributed by atoms with Crippen molar-refractivity contribution in [2.45, 2.75) is 0 Å². The molecule has 8 heavy (non-hydrogen) atoms. The Hall–Kier alpha value is -1.32. The van der Waals surface area contributed by atoms with Crippen molar-refractivity contribution in [2.24, 2.45) is 0 Å². The summed E-state index contributed by atoms with van der Waals surface area (Å²) in [4.78, 5) is 19.3. The van der Waals surface area contributed by atoms with Crippen molar-refractivity contribution in [1.29, 1.82) is 0 Å². The summed E-state index contributed by atoms with van der Waals surface area (Å²) in [7, 11) is 0. The number of carbonyl (C=O) groups is 2. The van der Waals surface area contributed by atoms with Gasteiger partial charge in [0.1, 0.15) is 6.26 Å². The quantitative estimate of drug-likeness (QED) is 0.225. The zero-order chi connectivity index (χ0) is 6.57. The Labute approximate surface area is 45.1 Å². The van der Waals surface area contributed by atoms with E-state index in [9.17, 15) is 9.59 Å². The molecule has 0 saturated carbocycles. The monoisotopic (exact) mass is 116 g/mol. The minimum absolute atomic E-state index is 0.0952. The number of carbonyl (C=O) groups excluding carboxylic acids is 2. The summed E-state index contributed by atoms with van der Waals surface area (Å²) < 4.78 is 0. The highest BCUT2D eigenvalue weighted by Gasteiger charge is 2.02. The number of aliphatic hydroxyl groups excluding tert-OH is 2. The highest BCUT2D eigenvalue weighted by atomic mass is 16.3. The van der Waals surface area contributed by atoms with E-state index in [1.165, 1.54) is 0 Å². The van der Waals surface area contributed by atoms with Crippen LogP contribution in [-0.2, 0) is 9.59 Å². The van der Waals surface area contributed by atoms with Gasteiger partial charge >= 0.3 is 0 Å². The third-order valence-corrected chi connectivity index (χ3v) is 0.482. The van der Waals surface area contributed by atoms with Gasteiger partial charge in [-0.15, -0.1) is 0 Å². The van der Waals surface area contributed by atoms with Gasteiger partial charge in [0, 0.05) is 0 Å². The molecular weight excluding hydrogens is 112 g/mol. The smallest absolute Gasteiger partial charge is 0.262 e. The first-order chi connectivity index (χ1) is 3.72. The molecule has 0 saturated heterocycles. The van der Waals surface area contributed by atoms with E-state index in [4.69, 9.17) is 10.2 Å². The lowest BCUT2D eigenvalue weighted by Gasteiger charge is -1.82. The summed E-state index contributed by atoms with van der Waals surface area (Å²) >= 11 is 0. The van der Waals surface area contributed by atoms with Crippen LogP contribution in [0.5, 0.6) is 0 Å². The average Bonchev–Trinajstić information content (AvgIpc) is 1.84. The third kappa shape index (κ3) is 1.42. The number of aldehydes is 1. The van der Waals surface area contributed by atoms with Gasteiger partial charge in [-0.05, 0) is 0 Å². The summed E-state index contributed by atoms with van der Waals surface area (Å²) in [6.45, 7) is 0. The summed E-state index contributed by atoms with van der Waals surface area (Å²) in [5, 5.41) is 16.0. The molecule has 4 nitrogen and oxygen atoms in total. The van der Waals surface area contributed by atoms with Crippen LogP contribution < -0.4 is 0 Å². The van der Waals surface area contributed by atoms with Crippen molar-refractivity contribution in [3.05, 3.63) is 12.0 Å². The highest BCUT2D eigenvalue weighted by Crippen LogP contribution is 1.82. The van der Waals surface area contributed by atoms with Gasteiger partial charge in [0.25, 0.3) is 5.78 Å². The predicted molar refractivity (Wildman–Crippen MR) is 24.4 cm³/mol. The Morgan fingerprint density at radius 3 is 2.12 bits per heavy atom. The molecule has 0 radical (unpaired) electrons. The summed E-state index contributed by atoms with van der Waals surface area (Å²) in [6.07, 6.45) is 0.0682. The molecule has 44 valence electrons. The van der Waals surface area contributed by atoms with Gasteiger partial charge in [-0.2, -0.15) is 0 Å². The van der Waals surface area contributed by atoms with Gasteiger partial charge in [-0.25, -0.2) is 0 Å². The van der Waals surface area contributed by atoms with Crippen LogP contribution in [0.2, 0.25) is 0 Å². The highest BCUT2D eigenvalue weighted by molar-refractivity contribution is 6.31. The fourth-order valence-corrected chi connectivity index (χ4v) is 0.124. The Morgan fingerprint density at radius 1 is 1.50 bits per heavy atom. The number of aliphatic hydroxyl groups is 2. The molecule has 0 unspecified atom stereocenters. The van der Waals surface area contributed by atoms with E-state index >= 15 is 0 Å². The van der Waals surface area contributed by atoms with Crippen LogP contribution in [-0.4, -0.2) is 22.3 Å². The molecule has 0 aromatic rings. The van der Waals surface area contributed by atoms with Gasteiger partial charge < -0.3 is 10.2 Å². The molecule has 2 N–H and O–H groups in total. The van der Waals surface area contributed by atoms with E-state index in [-0.39, 0.29) is 12.5 Å². The normalized spacial score (nSPS) is 10.8. The van der Waals surface area contributed by atoms with Crippen LogP contribution in [0, 0.1) is 0 Å². The molecule has 0 amide bonds. The molecule has 0 bridgehead atoms. The van der Waals surface area contributed by atoms with Crippen molar-refractivity contribution in [1.82, 2.24) is 0 Å². The summed E-state index contributed by atoms with van der Waals surface area (Å²) in [5.41, 5.74) is 0. The lowest BCUT2D eigenvalue weighted by molar-refractivity contribution is -0.129. The molecular formula is C4H4O4. The maximum Gasteiger partial charge on any atom is 0.262 e. The molecule has 0 aliphatic rings. The van der Waals surface area contributed by atoms with Gasteiger partial charge in [0.05, 0.1) is 0 Å². The Kier molecular flexibility index (Phi) is 2.33. The lowest BCUT2D eigenvalue weighted by Crippen LogP contribution is -2.01. The first-order valence-electron chi connectivity index (χ1n) is 1.75. The number of rotatable bonds is 2. The van der Waals surface area contributed by atoms with Crippen molar-refractivity contribution in [3.8, 4) is 0 Å². The van der Waals surface area contributed by atoms with Gasteiger partial charge in [-0.3, -0.25) is 9.59 Å². The SMILES string of the molecule is O=CC(=O)/C(O)=C/O. The van der Waals surface area contributed by atoms with Crippen LogP contribution in [0.15, 0.2) is 12.0 Å². The summed E-state index contributed by atoms with van der Waals surface area (Å²) in [5.74, 6) is -2.08. The van der Waals surface area contributed by atoms with Crippen molar-refractivity contribution in [2.75, 3.05) is 0 Å². The van der Waals surface area contributed by atoms with E-state index in [1.54, 1.807) is 0 Å². The Balaban J connectivity index is 4.03. The second kappa shape index (κ2) is 2.79. The maximum absolute atomic E-state index is 9.90. The topological polar surface area (TPSA) is 74.6 Å². The van der Waals surface area contributed by atoms with E-state index in [1.807, 2.05) is 0 Å². The van der Waals surface area contributed by atoms with E-state index < -0.39 is 11.5 Å².